The molecule has 128 valence electrons. The lowest BCUT2D eigenvalue weighted by atomic mass is 10.2. The molecule has 1 N–H and O–H groups in total. The standard InChI is InChI=1S/C16H16ClNO5S/c1-11-3-4-12(17)9-15(11)18-24(20,21)14-7-5-13(6-8-14)23-10-16(19)22-2/h3-9,18H,10H2,1-2H3. The molecule has 2 aromatic carbocycles. The molecule has 2 rings (SSSR count). The minimum atomic E-state index is -3.76. The second-order valence-corrected chi connectivity index (χ2v) is 7.02. The fraction of sp³-hybridized carbons (Fsp3) is 0.188. The number of ether oxygens (including phenoxy) is 2. The van der Waals surface area contributed by atoms with Crippen LogP contribution in [0, 0.1) is 6.92 Å². The van der Waals surface area contributed by atoms with E-state index in [9.17, 15) is 13.2 Å². The number of benzene rings is 2. The Kier molecular flexibility index (Phi) is 5.69. The quantitative estimate of drug-likeness (QED) is 0.791. The molecular weight excluding hydrogens is 354 g/mol. The summed E-state index contributed by atoms with van der Waals surface area (Å²) in [5, 5.41) is 0.435. The number of carbonyl (C=O) groups is 1. The van der Waals surface area contributed by atoms with Gasteiger partial charge < -0.3 is 9.47 Å². The van der Waals surface area contributed by atoms with Crippen molar-refractivity contribution in [1.29, 1.82) is 0 Å². The van der Waals surface area contributed by atoms with Crippen LogP contribution in [-0.2, 0) is 19.6 Å². The summed E-state index contributed by atoms with van der Waals surface area (Å²) in [5.74, 6) is -0.164. The average molecular weight is 370 g/mol. The molecule has 0 unspecified atom stereocenters. The van der Waals surface area contributed by atoms with Crippen molar-refractivity contribution in [3.63, 3.8) is 0 Å². The molecule has 0 aliphatic carbocycles. The highest BCUT2D eigenvalue weighted by molar-refractivity contribution is 7.92. The first-order chi connectivity index (χ1) is 11.3. The van der Waals surface area contributed by atoms with E-state index in [0.717, 1.165) is 5.56 Å². The fourth-order valence-corrected chi connectivity index (χ4v) is 3.12. The Morgan fingerprint density at radius 3 is 2.46 bits per heavy atom. The zero-order valence-corrected chi connectivity index (χ0v) is 14.6. The number of sulfonamides is 1. The molecule has 0 fully saturated rings. The lowest BCUT2D eigenvalue weighted by Gasteiger charge is -2.11. The first-order valence-electron chi connectivity index (χ1n) is 6.90. The normalized spacial score (nSPS) is 11.0. The molecule has 0 radical (unpaired) electrons. The number of rotatable bonds is 6. The molecule has 24 heavy (non-hydrogen) atoms. The predicted molar refractivity (Wildman–Crippen MR) is 91.0 cm³/mol. The Bertz CT molecular complexity index is 834. The number of carbonyl (C=O) groups excluding carboxylic acids is 1. The molecule has 8 heteroatoms. The third-order valence-corrected chi connectivity index (χ3v) is 4.78. The van der Waals surface area contributed by atoms with Crippen molar-refractivity contribution in [2.24, 2.45) is 0 Å². The van der Waals surface area contributed by atoms with Crippen LogP contribution in [0.1, 0.15) is 5.56 Å². The lowest BCUT2D eigenvalue weighted by molar-refractivity contribution is -0.142. The highest BCUT2D eigenvalue weighted by atomic mass is 35.5. The number of hydrogen-bond donors (Lipinski definition) is 1. The highest BCUT2D eigenvalue weighted by Gasteiger charge is 2.15. The number of halogens is 1. The summed E-state index contributed by atoms with van der Waals surface area (Å²) < 4.78 is 37.0. The number of nitrogens with one attached hydrogen (secondary N) is 1. The zero-order valence-electron chi connectivity index (χ0n) is 13.1. The van der Waals surface area contributed by atoms with E-state index < -0.39 is 16.0 Å². The maximum absolute atomic E-state index is 12.4. The van der Waals surface area contributed by atoms with E-state index in [1.165, 1.54) is 31.4 Å². The molecule has 0 aromatic heterocycles. The van der Waals surface area contributed by atoms with Gasteiger partial charge in [0.05, 0.1) is 17.7 Å². The largest absolute Gasteiger partial charge is 0.482 e. The highest BCUT2D eigenvalue weighted by Crippen LogP contribution is 2.24. The van der Waals surface area contributed by atoms with E-state index in [4.69, 9.17) is 16.3 Å². The molecule has 0 heterocycles. The number of esters is 1. The van der Waals surface area contributed by atoms with Gasteiger partial charge in [-0.1, -0.05) is 17.7 Å². The molecule has 0 saturated carbocycles. The molecular formula is C16H16ClNO5S. The van der Waals surface area contributed by atoms with Crippen molar-refractivity contribution in [1.82, 2.24) is 0 Å². The number of hydrogen-bond acceptors (Lipinski definition) is 5. The van der Waals surface area contributed by atoms with Crippen LogP contribution in [0.4, 0.5) is 5.69 Å². The van der Waals surface area contributed by atoms with E-state index in [1.807, 2.05) is 0 Å². The number of aryl methyl sites for hydroxylation is 1. The second-order valence-electron chi connectivity index (χ2n) is 4.90. The zero-order chi connectivity index (χ0) is 17.7. The van der Waals surface area contributed by atoms with Crippen molar-refractivity contribution in [3.8, 4) is 5.75 Å². The smallest absolute Gasteiger partial charge is 0.343 e. The van der Waals surface area contributed by atoms with Crippen molar-refractivity contribution in [3.05, 3.63) is 53.1 Å². The minimum Gasteiger partial charge on any atom is -0.482 e. The third-order valence-electron chi connectivity index (χ3n) is 3.16. The van der Waals surface area contributed by atoms with Crippen LogP contribution in [0.5, 0.6) is 5.75 Å². The van der Waals surface area contributed by atoms with Crippen LogP contribution in [0.25, 0.3) is 0 Å². The SMILES string of the molecule is COC(=O)COc1ccc(S(=O)(=O)Nc2cc(Cl)ccc2C)cc1. The van der Waals surface area contributed by atoms with Gasteiger partial charge in [0, 0.05) is 5.02 Å². The Morgan fingerprint density at radius 2 is 1.83 bits per heavy atom. The first-order valence-corrected chi connectivity index (χ1v) is 8.76. The summed E-state index contributed by atoms with van der Waals surface area (Å²) in [5.41, 5.74) is 1.16. The van der Waals surface area contributed by atoms with Crippen LogP contribution in [0.15, 0.2) is 47.4 Å². The van der Waals surface area contributed by atoms with E-state index in [-0.39, 0.29) is 11.5 Å². The lowest BCUT2D eigenvalue weighted by Crippen LogP contribution is -2.14. The molecule has 0 atom stereocenters. The van der Waals surface area contributed by atoms with Gasteiger partial charge >= 0.3 is 5.97 Å². The van der Waals surface area contributed by atoms with Crippen LogP contribution >= 0.6 is 11.6 Å². The molecule has 0 aliphatic heterocycles. The molecule has 6 nitrogen and oxygen atoms in total. The van der Waals surface area contributed by atoms with Gasteiger partial charge in [0.1, 0.15) is 5.75 Å². The van der Waals surface area contributed by atoms with Gasteiger partial charge in [-0.3, -0.25) is 4.72 Å². The average Bonchev–Trinajstić information content (AvgIpc) is 2.56. The molecule has 0 bridgehead atoms. The van der Waals surface area contributed by atoms with Gasteiger partial charge in [-0.15, -0.1) is 0 Å². The van der Waals surface area contributed by atoms with Gasteiger partial charge in [-0.25, -0.2) is 13.2 Å². The van der Waals surface area contributed by atoms with Crippen molar-refractivity contribution in [2.45, 2.75) is 11.8 Å². The van der Waals surface area contributed by atoms with E-state index in [1.54, 1.807) is 25.1 Å². The molecule has 0 spiro atoms. The van der Waals surface area contributed by atoms with Gasteiger partial charge in [-0.05, 0) is 48.9 Å². The molecule has 2 aromatic rings. The minimum absolute atomic E-state index is 0.0623. The van der Waals surface area contributed by atoms with Crippen LogP contribution in [0.3, 0.4) is 0 Å². The summed E-state index contributed by atoms with van der Waals surface area (Å²) in [6.45, 7) is 1.53. The van der Waals surface area contributed by atoms with Crippen molar-refractivity contribution in [2.75, 3.05) is 18.4 Å². The third kappa shape index (κ3) is 4.62. The maximum Gasteiger partial charge on any atom is 0.343 e. The van der Waals surface area contributed by atoms with Gasteiger partial charge in [0.2, 0.25) is 0 Å². The summed E-state index contributed by atoms with van der Waals surface area (Å²) >= 11 is 5.90. The monoisotopic (exact) mass is 369 g/mol. The summed E-state index contributed by atoms with van der Waals surface area (Å²) in [7, 11) is -2.51. The van der Waals surface area contributed by atoms with E-state index in [2.05, 4.69) is 9.46 Å². The Morgan fingerprint density at radius 1 is 1.17 bits per heavy atom. The molecule has 0 saturated heterocycles. The van der Waals surface area contributed by atoms with Crippen LogP contribution < -0.4 is 9.46 Å². The summed E-state index contributed by atoms with van der Waals surface area (Å²) in [4.78, 5) is 11.1. The topological polar surface area (TPSA) is 81.7 Å². The van der Waals surface area contributed by atoms with E-state index in [0.29, 0.717) is 16.5 Å². The summed E-state index contributed by atoms with van der Waals surface area (Å²) in [6, 6.07) is 10.6. The predicted octanol–water partition coefficient (Wildman–Crippen LogP) is 3.00. The van der Waals surface area contributed by atoms with Gasteiger partial charge in [0.25, 0.3) is 10.0 Å². The second kappa shape index (κ2) is 7.55. The number of methoxy groups -OCH3 is 1. The number of anilines is 1. The van der Waals surface area contributed by atoms with Gasteiger partial charge in [-0.2, -0.15) is 0 Å². The van der Waals surface area contributed by atoms with Crippen LogP contribution in [-0.4, -0.2) is 28.1 Å². The van der Waals surface area contributed by atoms with Crippen molar-refractivity contribution < 1.29 is 22.7 Å². The van der Waals surface area contributed by atoms with Crippen LogP contribution in [0.2, 0.25) is 5.02 Å². The first kappa shape index (κ1) is 18.1. The van der Waals surface area contributed by atoms with Gasteiger partial charge in [0.15, 0.2) is 6.61 Å². The van der Waals surface area contributed by atoms with E-state index >= 15 is 0 Å². The Balaban J connectivity index is 2.14. The fourth-order valence-electron chi connectivity index (χ4n) is 1.82. The Hall–Kier alpha value is -2.25. The molecule has 0 aliphatic rings. The maximum atomic E-state index is 12.4. The van der Waals surface area contributed by atoms with Crippen molar-refractivity contribution >= 4 is 33.3 Å². The Labute approximate surface area is 145 Å². The summed E-state index contributed by atoms with van der Waals surface area (Å²) in [6.07, 6.45) is 0. The molecule has 0 amide bonds.